The van der Waals surface area contributed by atoms with Crippen molar-refractivity contribution in [2.24, 2.45) is 11.1 Å². The van der Waals surface area contributed by atoms with Gasteiger partial charge in [0, 0.05) is 25.7 Å². The monoisotopic (exact) mass is 274 g/mol. The summed E-state index contributed by atoms with van der Waals surface area (Å²) < 4.78 is 5.59. The van der Waals surface area contributed by atoms with Gasteiger partial charge in [0.05, 0.1) is 0 Å². The lowest BCUT2D eigenvalue weighted by Gasteiger charge is -2.42. The molecule has 1 aromatic carbocycles. The lowest BCUT2D eigenvalue weighted by Crippen LogP contribution is -2.52. The number of hydrogen-bond donors (Lipinski definition) is 1. The van der Waals surface area contributed by atoms with E-state index in [4.69, 9.17) is 10.5 Å². The minimum absolute atomic E-state index is 0.190. The Morgan fingerprint density at radius 2 is 2.30 bits per heavy atom. The van der Waals surface area contributed by atoms with Crippen LogP contribution in [0.3, 0.4) is 0 Å². The van der Waals surface area contributed by atoms with Crippen molar-refractivity contribution >= 4 is 0 Å². The summed E-state index contributed by atoms with van der Waals surface area (Å²) >= 11 is 0. The molecule has 3 heteroatoms. The number of likely N-dealkylation sites (tertiary alicyclic amines) is 1. The van der Waals surface area contributed by atoms with Gasteiger partial charge < -0.3 is 10.5 Å². The van der Waals surface area contributed by atoms with Crippen molar-refractivity contribution in [2.45, 2.75) is 32.9 Å². The highest BCUT2D eigenvalue weighted by Crippen LogP contribution is 2.28. The molecular formula is C17H26N2O. The van der Waals surface area contributed by atoms with Gasteiger partial charge in [-0.05, 0) is 29.5 Å². The van der Waals surface area contributed by atoms with Crippen molar-refractivity contribution in [3.63, 3.8) is 0 Å². The molecule has 0 bridgehead atoms. The van der Waals surface area contributed by atoms with Crippen LogP contribution in [0.1, 0.15) is 25.8 Å². The van der Waals surface area contributed by atoms with E-state index in [1.54, 1.807) is 6.08 Å². The Morgan fingerprint density at radius 1 is 1.50 bits per heavy atom. The van der Waals surface area contributed by atoms with Crippen molar-refractivity contribution < 1.29 is 4.74 Å². The molecule has 0 saturated carbocycles. The number of nitrogens with two attached hydrogens (primary N) is 1. The highest BCUT2D eigenvalue weighted by atomic mass is 16.5. The minimum atomic E-state index is 0.190. The van der Waals surface area contributed by atoms with Crippen molar-refractivity contribution in [3.8, 4) is 5.75 Å². The van der Waals surface area contributed by atoms with E-state index in [9.17, 15) is 0 Å². The average Bonchev–Trinajstić information content (AvgIpc) is 2.41. The van der Waals surface area contributed by atoms with Crippen LogP contribution in [-0.2, 0) is 6.54 Å². The van der Waals surface area contributed by atoms with E-state index in [0.29, 0.717) is 12.6 Å². The number of piperidine rings is 1. The summed E-state index contributed by atoms with van der Waals surface area (Å²) in [5.74, 6) is 0.912. The van der Waals surface area contributed by atoms with Crippen molar-refractivity contribution in [2.75, 3.05) is 19.7 Å². The van der Waals surface area contributed by atoms with Gasteiger partial charge in [0.15, 0.2) is 0 Å². The zero-order chi connectivity index (χ0) is 14.6. The molecule has 110 valence electrons. The fourth-order valence-electron chi connectivity index (χ4n) is 2.77. The third kappa shape index (κ3) is 3.84. The van der Waals surface area contributed by atoms with Crippen LogP contribution in [0.2, 0.25) is 0 Å². The second-order valence-corrected chi connectivity index (χ2v) is 6.34. The normalized spacial score (nSPS) is 22.4. The lowest BCUT2D eigenvalue weighted by atomic mass is 9.79. The van der Waals surface area contributed by atoms with Gasteiger partial charge in [0.2, 0.25) is 0 Å². The van der Waals surface area contributed by atoms with Crippen LogP contribution in [0, 0.1) is 5.41 Å². The molecule has 20 heavy (non-hydrogen) atoms. The second-order valence-electron chi connectivity index (χ2n) is 6.34. The molecular weight excluding hydrogens is 248 g/mol. The van der Waals surface area contributed by atoms with Gasteiger partial charge in [-0.15, -0.1) is 0 Å². The average molecular weight is 274 g/mol. The third-order valence-corrected chi connectivity index (χ3v) is 4.06. The first-order valence-electron chi connectivity index (χ1n) is 7.32. The molecule has 1 aromatic rings. The highest BCUT2D eigenvalue weighted by molar-refractivity contribution is 5.28. The quantitative estimate of drug-likeness (QED) is 0.839. The number of hydrogen-bond acceptors (Lipinski definition) is 3. The predicted molar refractivity (Wildman–Crippen MR) is 83.8 cm³/mol. The smallest absolute Gasteiger partial charge is 0.120 e. The molecule has 3 nitrogen and oxygen atoms in total. The summed E-state index contributed by atoms with van der Waals surface area (Å²) in [6, 6.07) is 8.62. The first-order valence-corrected chi connectivity index (χ1v) is 7.32. The first kappa shape index (κ1) is 15.1. The molecule has 1 aliphatic rings. The molecule has 1 saturated heterocycles. The Morgan fingerprint density at radius 3 is 3.00 bits per heavy atom. The van der Waals surface area contributed by atoms with Crippen LogP contribution in [-0.4, -0.2) is 30.6 Å². The molecule has 0 radical (unpaired) electrons. The molecule has 1 unspecified atom stereocenters. The van der Waals surface area contributed by atoms with Gasteiger partial charge in [0.1, 0.15) is 12.4 Å². The van der Waals surface area contributed by atoms with E-state index in [1.807, 2.05) is 6.07 Å². The van der Waals surface area contributed by atoms with E-state index in [-0.39, 0.29) is 5.41 Å². The Hall–Kier alpha value is -1.32. The minimum Gasteiger partial charge on any atom is -0.490 e. The third-order valence-electron chi connectivity index (χ3n) is 4.06. The van der Waals surface area contributed by atoms with E-state index in [1.165, 1.54) is 5.56 Å². The summed E-state index contributed by atoms with van der Waals surface area (Å²) in [5.41, 5.74) is 7.67. The fraction of sp³-hybridized carbons (Fsp3) is 0.529. The van der Waals surface area contributed by atoms with E-state index in [2.05, 4.69) is 43.5 Å². The maximum Gasteiger partial charge on any atom is 0.120 e. The van der Waals surface area contributed by atoms with Crippen LogP contribution in [0.25, 0.3) is 0 Å². The summed E-state index contributed by atoms with van der Waals surface area (Å²) in [6.07, 6.45) is 2.83. The van der Waals surface area contributed by atoms with Gasteiger partial charge in [-0.25, -0.2) is 0 Å². The zero-order valence-corrected chi connectivity index (χ0v) is 12.6. The largest absolute Gasteiger partial charge is 0.490 e. The SMILES string of the molecule is C=CCOc1cccc(CN2CCC(N)C(C)(C)C2)c1. The number of benzene rings is 1. The van der Waals surface area contributed by atoms with Crippen LogP contribution < -0.4 is 10.5 Å². The van der Waals surface area contributed by atoms with Gasteiger partial charge in [-0.2, -0.15) is 0 Å². The van der Waals surface area contributed by atoms with Crippen LogP contribution in [0.15, 0.2) is 36.9 Å². The Labute approximate surface area is 122 Å². The first-order chi connectivity index (χ1) is 9.51. The standard InChI is InChI=1S/C17H26N2O/c1-4-10-20-15-7-5-6-14(11-15)12-19-9-8-16(18)17(2,3)13-19/h4-7,11,16H,1,8-10,12-13,18H2,2-3H3. The maximum atomic E-state index is 6.19. The molecule has 0 aliphatic carbocycles. The molecule has 1 fully saturated rings. The van der Waals surface area contributed by atoms with Crippen molar-refractivity contribution in [1.29, 1.82) is 0 Å². The molecule has 0 aromatic heterocycles. The topological polar surface area (TPSA) is 38.5 Å². The zero-order valence-electron chi connectivity index (χ0n) is 12.6. The lowest BCUT2D eigenvalue weighted by molar-refractivity contribution is 0.0898. The molecule has 2 N–H and O–H groups in total. The molecule has 0 amide bonds. The van der Waals surface area contributed by atoms with Crippen LogP contribution in [0.4, 0.5) is 0 Å². The number of nitrogens with zero attached hydrogens (tertiary/aromatic N) is 1. The van der Waals surface area contributed by atoms with Gasteiger partial charge >= 0.3 is 0 Å². The summed E-state index contributed by atoms with van der Waals surface area (Å²) in [6.45, 7) is 11.8. The molecule has 1 aliphatic heterocycles. The van der Waals surface area contributed by atoms with Crippen LogP contribution >= 0.6 is 0 Å². The van der Waals surface area contributed by atoms with Crippen molar-refractivity contribution in [1.82, 2.24) is 4.90 Å². The van der Waals surface area contributed by atoms with Crippen molar-refractivity contribution in [3.05, 3.63) is 42.5 Å². The Bertz CT molecular complexity index is 456. The van der Waals surface area contributed by atoms with E-state index in [0.717, 1.165) is 31.8 Å². The molecule has 1 heterocycles. The highest BCUT2D eigenvalue weighted by Gasteiger charge is 2.33. The Balaban J connectivity index is 1.98. The molecule has 0 spiro atoms. The summed E-state index contributed by atoms with van der Waals surface area (Å²) in [5, 5.41) is 0. The summed E-state index contributed by atoms with van der Waals surface area (Å²) in [7, 11) is 0. The number of rotatable bonds is 5. The number of ether oxygens (including phenoxy) is 1. The summed E-state index contributed by atoms with van der Waals surface area (Å²) in [4.78, 5) is 2.48. The maximum absolute atomic E-state index is 6.19. The van der Waals surface area contributed by atoms with Crippen LogP contribution in [0.5, 0.6) is 5.75 Å². The molecule has 1 atom stereocenters. The Kier molecular flexibility index (Phi) is 4.84. The van der Waals surface area contributed by atoms with Gasteiger partial charge in [-0.1, -0.05) is 38.6 Å². The molecule has 2 rings (SSSR count). The fourth-order valence-corrected chi connectivity index (χ4v) is 2.77. The second kappa shape index (κ2) is 6.42. The van der Waals surface area contributed by atoms with E-state index >= 15 is 0 Å². The predicted octanol–water partition coefficient (Wildman–Crippen LogP) is 2.81. The van der Waals surface area contributed by atoms with E-state index < -0.39 is 0 Å². The van der Waals surface area contributed by atoms with Gasteiger partial charge in [-0.3, -0.25) is 4.90 Å². The van der Waals surface area contributed by atoms with Gasteiger partial charge in [0.25, 0.3) is 0 Å².